The Bertz CT molecular complexity index is 246. The van der Waals surface area contributed by atoms with E-state index in [1.165, 1.54) is 7.11 Å². The molecule has 114 valence electrons. The lowest BCUT2D eigenvalue weighted by atomic mass is 9.97. The Morgan fingerprint density at radius 3 is 2.21 bits per heavy atom. The first kappa shape index (κ1) is 18.4. The number of rotatable bonds is 11. The number of esters is 1. The van der Waals surface area contributed by atoms with Crippen molar-refractivity contribution in [2.75, 3.05) is 33.5 Å². The molecular formula is C14H29NO4. The third kappa shape index (κ3) is 8.18. The van der Waals surface area contributed by atoms with E-state index in [9.17, 15) is 4.79 Å². The molecule has 0 saturated heterocycles. The van der Waals surface area contributed by atoms with Crippen LogP contribution in [0.2, 0.25) is 0 Å². The number of carbonyl (C=O) groups is 1. The first-order chi connectivity index (χ1) is 8.96. The van der Waals surface area contributed by atoms with Gasteiger partial charge in [-0.05, 0) is 33.6 Å². The van der Waals surface area contributed by atoms with Gasteiger partial charge in [-0.15, -0.1) is 0 Å². The van der Waals surface area contributed by atoms with Gasteiger partial charge in [-0.3, -0.25) is 10.1 Å². The lowest BCUT2D eigenvalue weighted by Gasteiger charge is -2.30. The second kappa shape index (κ2) is 10.2. The molecule has 0 aliphatic rings. The van der Waals surface area contributed by atoms with Gasteiger partial charge < -0.3 is 14.2 Å². The van der Waals surface area contributed by atoms with Crippen LogP contribution < -0.4 is 5.32 Å². The zero-order chi connectivity index (χ0) is 14.7. The number of nitrogens with one attached hydrogen (secondary N) is 1. The van der Waals surface area contributed by atoms with Crippen LogP contribution in [0.5, 0.6) is 0 Å². The highest BCUT2D eigenvalue weighted by molar-refractivity contribution is 5.80. The van der Waals surface area contributed by atoms with Gasteiger partial charge in [0.15, 0.2) is 0 Å². The van der Waals surface area contributed by atoms with Crippen molar-refractivity contribution in [2.45, 2.75) is 52.1 Å². The molecule has 5 heteroatoms. The number of hydrogen-bond donors (Lipinski definition) is 1. The highest BCUT2D eigenvalue weighted by Gasteiger charge is 2.34. The Balaban J connectivity index is 3.97. The summed E-state index contributed by atoms with van der Waals surface area (Å²) in [6, 6.07) is 0.206. The van der Waals surface area contributed by atoms with Crippen LogP contribution in [0.4, 0.5) is 0 Å². The van der Waals surface area contributed by atoms with E-state index in [4.69, 9.17) is 14.2 Å². The molecule has 1 N–H and O–H groups in total. The fourth-order valence-electron chi connectivity index (χ4n) is 1.84. The fraction of sp³-hybridized carbons (Fsp3) is 0.929. The summed E-state index contributed by atoms with van der Waals surface area (Å²) < 4.78 is 15.6. The van der Waals surface area contributed by atoms with E-state index in [1.54, 1.807) is 0 Å². The molecule has 0 aromatic rings. The Kier molecular flexibility index (Phi) is 9.83. The highest BCUT2D eigenvalue weighted by Crippen LogP contribution is 2.13. The Morgan fingerprint density at radius 1 is 1.16 bits per heavy atom. The first-order valence-corrected chi connectivity index (χ1v) is 6.98. The van der Waals surface area contributed by atoms with Crippen LogP contribution >= 0.6 is 0 Å². The van der Waals surface area contributed by atoms with E-state index in [2.05, 4.69) is 12.2 Å². The van der Waals surface area contributed by atoms with E-state index in [-0.39, 0.29) is 12.0 Å². The van der Waals surface area contributed by atoms with E-state index >= 15 is 0 Å². The summed E-state index contributed by atoms with van der Waals surface area (Å²) in [6.45, 7) is 10.3. The van der Waals surface area contributed by atoms with Crippen LogP contribution in [-0.4, -0.2) is 51.1 Å². The normalized spacial score (nSPS) is 14.4. The molecule has 0 rings (SSSR count). The molecule has 0 saturated carbocycles. The zero-order valence-corrected chi connectivity index (χ0v) is 13.0. The molecule has 0 aliphatic carbocycles. The second-order valence-electron chi connectivity index (χ2n) is 5.10. The van der Waals surface area contributed by atoms with Gasteiger partial charge in [0.05, 0.1) is 20.3 Å². The minimum atomic E-state index is -0.701. The largest absolute Gasteiger partial charge is 0.468 e. The molecule has 0 bridgehead atoms. The van der Waals surface area contributed by atoms with Crippen molar-refractivity contribution in [1.82, 2.24) is 5.32 Å². The summed E-state index contributed by atoms with van der Waals surface area (Å²) in [4.78, 5) is 11.8. The smallest absolute Gasteiger partial charge is 0.325 e. The lowest BCUT2D eigenvalue weighted by molar-refractivity contribution is -0.149. The molecule has 1 atom stereocenters. The molecule has 1 unspecified atom stereocenters. The zero-order valence-electron chi connectivity index (χ0n) is 13.0. The summed E-state index contributed by atoms with van der Waals surface area (Å²) in [6.07, 6.45) is 1.59. The van der Waals surface area contributed by atoms with Gasteiger partial charge >= 0.3 is 5.97 Å². The summed E-state index contributed by atoms with van der Waals surface area (Å²) in [7, 11) is 1.40. The topological polar surface area (TPSA) is 56.8 Å². The van der Waals surface area contributed by atoms with Gasteiger partial charge in [0.1, 0.15) is 5.54 Å². The van der Waals surface area contributed by atoms with Crippen molar-refractivity contribution in [3.63, 3.8) is 0 Å². The predicted molar refractivity (Wildman–Crippen MR) is 75.2 cm³/mol. The van der Waals surface area contributed by atoms with E-state index in [0.29, 0.717) is 26.2 Å². The average Bonchev–Trinajstić information content (AvgIpc) is 2.35. The number of carbonyl (C=O) groups excluding carboxylic acids is 1. The third-order valence-corrected chi connectivity index (χ3v) is 2.71. The second-order valence-corrected chi connectivity index (χ2v) is 5.10. The Morgan fingerprint density at radius 2 is 1.74 bits per heavy atom. The molecule has 5 nitrogen and oxygen atoms in total. The van der Waals surface area contributed by atoms with Gasteiger partial charge in [-0.2, -0.15) is 0 Å². The van der Waals surface area contributed by atoms with Crippen LogP contribution in [0.25, 0.3) is 0 Å². The Labute approximate surface area is 117 Å². The van der Waals surface area contributed by atoms with E-state index in [0.717, 1.165) is 13.0 Å². The number of methoxy groups -OCH3 is 1. The molecular weight excluding hydrogens is 246 g/mol. The van der Waals surface area contributed by atoms with Crippen molar-refractivity contribution in [3.05, 3.63) is 0 Å². The van der Waals surface area contributed by atoms with Crippen molar-refractivity contribution < 1.29 is 19.0 Å². The molecule has 0 aliphatic heterocycles. The molecule has 0 aromatic carbocycles. The van der Waals surface area contributed by atoms with Gasteiger partial charge in [0.25, 0.3) is 0 Å². The maximum atomic E-state index is 11.8. The molecule has 0 radical (unpaired) electrons. The van der Waals surface area contributed by atoms with Gasteiger partial charge in [-0.25, -0.2) is 0 Å². The molecule has 19 heavy (non-hydrogen) atoms. The minimum absolute atomic E-state index is 0.206. The lowest BCUT2D eigenvalue weighted by Crippen LogP contribution is -2.53. The fourth-order valence-corrected chi connectivity index (χ4v) is 1.84. The SMILES string of the molecule is CCCOCCOCCC(C)(NC(C)C)C(=O)OC. The summed E-state index contributed by atoms with van der Waals surface area (Å²) >= 11 is 0. The molecule has 0 fully saturated rings. The average molecular weight is 275 g/mol. The summed E-state index contributed by atoms with van der Waals surface area (Å²) in [5.74, 6) is -0.257. The van der Waals surface area contributed by atoms with Gasteiger partial charge in [0.2, 0.25) is 0 Å². The standard InChI is InChI=1S/C14H29NO4/c1-6-8-18-10-11-19-9-7-14(4,13(16)17-5)15-12(2)3/h12,15H,6-11H2,1-5H3. The minimum Gasteiger partial charge on any atom is -0.468 e. The van der Waals surface area contributed by atoms with Crippen LogP contribution in [0.3, 0.4) is 0 Å². The maximum Gasteiger partial charge on any atom is 0.325 e. The van der Waals surface area contributed by atoms with Crippen LogP contribution in [0.15, 0.2) is 0 Å². The van der Waals surface area contributed by atoms with Crippen LogP contribution in [-0.2, 0) is 19.0 Å². The molecule has 0 amide bonds. The summed E-state index contributed by atoms with van der Waals surface area (Å²) in [5, 5.41) is 3.23. The van der Waals surface area contributed by atoms with Crippen LogP contribution in [0.1, 0.15) is 40.5 Å². The molecule has 0 heterocycles. The van der Waals surface area contributed by atoms with Crippen molar-refractivity contribution in [2.24, 2.45) is 0 Å². The van der Waals surface area contributed by atoms with E-state index < -0.39 is 5.54 Å². The van der Waals surface area contributed by atoms with Crippen molar-refractivity contribution in [3.8, 4) is 0 Å². The van der Waals surface area contributed by atoms with Crippen LogP contribution in [0, 0.1) is 0 Å². The number of hydrogen-bond acceptors (Lipinski definition) is 5. The predicted octanol–water partition coefficient (Wildman–Crippen LogP) is 1.75. The Hall–Kier alpha value is -0.650. The van der Waals surface area contributed by atoms with Gasteiger partial charge in [0, 0.05) is 19.3 Å². The quantitative estimate of drug-likeness (QED) is 0.460. The number of ether oxygens (including phenoxy) is 3. The van der Waals surface area contributed by atoms with Crippen molar-refractivity contribution in [1.29, 1.82) is 0 Å². The van der Waals surface area contributed by atoms with E-state index in [1.807, 2.05) is 20.8 Å². The molecule has 0 aromatic heterocycles. The molecule has 0 spiro atoms. The first-order valence-electron chi connectivity index (χ1n) is 6.98. The summed E-state index contributed by atoms with van der Waals surface area (Å²) in [5.41, 5.74) is -0.701. The van der Waals surface area contributed by atoms with Gasteiger partial charge in [-0.1, -0.05) is 6.92 Å². The van der Waals surface area contributed by atoms with Crippen molar-refractivity contribution >= 4 is 5.97 Å². The third-order valence-electron chi connectivity index (χ3n) is 2.71. The maximum absolute atomic E-state index is 11.8. The highest BCUT2D eigenvalue weighted by atomic mass is 16.5. The monoisotopic (exact) mass is 275 g/mol.